The van der Waals surface area contributed by atoms with E-state index in [1.165, 1.54) is 16.4 Å². The molecule has 3 nitrogen and oxygen atoms in total. The third kappa shape index (κ3) is 2.68. The summed E-state index contributed by atoms with van der Waals surface area (Å²) in [6, 6.07) is 10.0. The highest BCUT2D eigenvalue weighted by molar-refractivity contribution is 9.10. The number of nitrogens with zero attached hydrogens (tertiary/aromatic N) is 1. The second-order valence-electron chi connectivity index (χ2n) is 4.67. The van der Waals surface area contributed by atoms with Gasteiger partial charge in [0.1, 0.15) is 4.90 Å². The van der Waals surface area contributed by atoms with Crippen molar-refractivity contribution >= 4 is 54.8 Å². The van der Waals surface area contributed by atoms with Crippen molar-refractivity contribution in [1.82, 2.24) is 0 Å². The van der Waals surface area contributed by atoms with Crippen molar-refractivity contribution in [2.45, 2.75) is 11.3 Å². The smallest absolute Gasteiger partial charge is 0.265 e. The quantitative estimate of drug-likeness (QED) is 0.735. The lowest BCUT2D eigenvalue weighted by atomic mass is 10.2. The van der Waals surface area contributed by atoms with Gasteiger partial charge in [0.25, 0.3) is 10.0 Å². The van der Waals surface area contributed by atoms with Gasteiger partial charge in [0.05, 0.1) is 10.7 Å². The predicted molar refractivity (Wildman–Crippen MR) is 88.8 cm³/mol. The van der Waals surface area contributed by atoms with Crippen molar-refractivity contribution in [2.75, 3.05) is 10.8 Å². The molecule has 0 radical (unpaired) electrons. The van der Waals surface area contributed by atoms with E-state index in [2.05, 4.69) is 15.9 Å². The Morgan fingerprint density at radius 2 is 1.86 bits per heavy atom. The maximum atomic E-state index is 12.8. The van der Waals surface area contributed by atoms with Gasteiger partial charge >= 0.3 is 0 Å². The summed E-state index contributed by atoms with van der Waals surface area (Å²) < 4.78 is 28.0. The molecule has 1 heterocycles. The standard InChI is InChI=1S/C14H10BrCl2NO2S/c15-10-1-4-13-9(7-10)5-6-18(13)21(19,20)14-8-11(16)2-3-12(14)17/h1-4,7-8H,5-6H2. The second kappa shape index (κ2) is 5.47. The summed E-state index contributed by atoms with van der Waals surface area (Å²) in [5.41, 5.74) is 1.68. The molecular weight excluding hydrogens is 397 g/mol. The summed E-state index contributed by atoms with van der Waals surface area (Å²) in [5.74, 6) is 0. The molecule has 1 aliphatic rings. The van der Waals surface area contributed by atoms with Crippen LogP contribution in [-0.2, 0) is 16.4 Å². The van der Waals surface area contributed by atoms with E-state index in [4.69, 9.17) is 23.2 Å². The average Bonchev–Trinajstić information content (AvgIpc) is 2.84. The van der Waals surface area contributed by atoms with Gasteiger partial charge in [0.2, 0.25) is 0 Å². The van der Waals surface area contributed by atoms with Crippen LogP contribution >= 0.6 is 39.1 Å². The molecule has 0 spiro atoms. The number of sulfonamides is 1. The van der Waals surface area contributed by atoms with Crippen molar-refractivity contribution in [3.8, 4) is 0 Å². The highest BCUT2D eigenvalue weighted by atomic mass is 79.9. The van der Waals surface area contributed by atoms with E-state index in [0.29, 0.717) is 23.7 Å². The lowest BCUT2D eigenvalue weighted by Crippen LogP contribution is -2.29. The van der Waals surface area contributed by atoms with Gasteiger partial charge in [-0.2, -0.15) is 0 Å². The van der Waals surface area contributed by atoms with Crippen LogP contribution in [0.4, 0.5) is 5.69 Å². The minimum Gasteiger partial charge on any atom is -0.266 e. The van der Waals surface area contributed by atoms with Crippen molar-refractivity contribution in [1.29, 1.82) is 0 Å². The molecule has 0 unspecified atom stereocenters. The van der Waals surface area contributed by atoms with Crippen LogP contribution in [0.3, 0.4) is 0 Å². The summed E-state index contributed by atoms with van der Waals surface area (Å²) in [6.07, 6.45) is 0.673. The molecule has 1 aliphatic heterocycles. The number of rotatable bonds is 2. The van der Waals surface area contributed by atoms with Crippen molar-refractivity contribution in [3.05, 3.63) is 56.5 Å². The number of benzene rings is 2. The Labute approximate surface area is 141 Å². The summed E-state index contributed by atoms with van der Waals surface area (Å²) in [6.45, 7) is 0.400. The van der Waals surface area contributed by atoms with Crippen LogP contribution < -0.4 is 4.31 Å². The fourth-order valence-electron chi connectivity index (χ4n) is 2.38. The van der Waals surface area contributed by atoms with Crippen molar-refractivity contribution < 1.29 is 8.42 Å². The molecule has 0 amide bonds. The molecular formula is C14H10BrCl2NO2S. The van der Waals surface area contributed by atoms with Gasteiger partial charge in [-0.25, -0.2) is 8.42 Å². The van der Waals surface area contributed by atoms with E-state index in [1.54, 1.807) is 12.1 Å². The monoisotopic (exact) mass is 405 g/mol. The fourth-order valence-corrected chi connectivity index (χ4v) is 5.04. The predicted octanol–water partition coefficient (Wildman–Crippen LogP) is 4.51. The summed E-state index contributed by atoms with van der Waals surface area (Å²) >= 11 is 15.3. The summed E-state index contributed by atoms with van der Waals surface area (Å²) in [5, 5.41) is 0.512. The zero-order chi connectivity index (χ0) is 15.2. The Hall–Kier alpha value is -0.750. The van der Waals surface area contributed by atoms with Crippen LogP contribution in [-0.4, -0.2) is 15.0 Å². The Morgan fingerprint density at radius 3 is 2.62 bits per heavy atom. The minimum absolute atomic E-state index is 0.0347. The Balaban J connectivity index is 2.11. The third-order valence-electron chi connectivity index (χ3n) is 3.36. The van der Waals surface area contributed by atoms with E-state index < -0.39 is 10.0 Å². The highest BCUT2D eigenvalue weighted by Crippen LogP contribution is 2.36. The van der Waals surface area contributed by atoms with Crippen LogP contribution in [0.1, 0.15) is 5.56 Å². The van der Waals surface area contributed by atoms with Gasteiger partial charge in [0, 0.05) is 16.0 Å². The first-order valence-electron chi connectivity index (χ1n) is 6.16. The van der Waals surface area contributed by atoms with Crippen LogP contribution in [0.15, 0.2) is 45.8 Å². The van der Waals surface area contributed by atoms with E-state index in [0.717, 1.165) is 10.0 Å². The van der Waals surface area contributed by atoms with Gasteiger partial charge < -0.3 is 0 Å². The largest absolute Gasteiger partial charge is 0.266 e. The Kier molecular flexibility index (Phi) is 3.94. The van der Waals surface area contributed by atoms with E-state index >= 15 is 0 Å². The summed E-state index contributed by atoms with van der Waals surface area (Å²) in [7, 11) is -3.72. The van der Waals surface area contributed by atoms with Crippen LogP contribution in [0, 0.1) is 0 Å². The van der Waals surface area contributed by atoms with Gasteiger partial charge in [0.15, 0.2) is 0 Å². The van der Waals surface area contributed by atoms with Gasteiger partial charge in [-0.15, -0.1) is 0 Å². The molecule has 2 aromatic rings. The number of halogens is 3. The number of anilines is 1. The van der Waals surface area contributed by atoms with Crippen molar-refractivity contribution in [3.63, 3.8) is 0 Å². The molecule has 2 aromatic carbocycles. The zero-order valence-electron chi connectivity index (χ0n) is 10.7. The first-order chi connectivity index (χ1) is 9.89. The SMILES string of the molecule is O=S(=O)(c1cc(Cl)ccc1Cl)N1CCc2cc(Br)ccc21. The number of hydrogen-bond acceptors (Lipinski definition) is 2. The van der Waals surface area contributed by atoms with Gasteiger partial charge in [-0.05, 0) is 48.4 Å². The summed E-state index contributed by atoms with van der Waals surface area (Å²) in [4.78, 5) is 0.0347. The average molecular weight is 407 g/mol. The normalized spacial score (nSPS) is 14.3. The molecule has 0 saturated carbocycles. The van der Waals surface area contributed by atoms with E-state index in [1.807, 2.05) is 12.1 Å². The minimum atomic E-state index is -3.72. The molecule has 0 aliphatic carbocycles. The molecule has 0 saturated heterocycles. The topological polar surface area (TPSA) is 37.4 Å². The molecule has 0 aromatic heterocycles. The first-order valence-corrected chi connectivity index (χ1v) is 9.15. The maximum Gasteiger partial charge on any atom is 0.265 e. The van der Waals surface area contributed by atoms with Gasteiger partial charge in [-0.3, -0.25) is 4.31 Å². The Morgan fingerprint density at radius 1 is 1.10 bits per heavy atom. The third-order valence-corrected chi connectivity index (χ3v) is 6.38. The molecule has 3 rings (SSSR count). The maximum absolute atomic E-state index is 12.8. The molecule has 0 N–H and O–H groups in total. The number of hydrogen-bond donors (Lipinski definition) is 0. The molecule has 7 heteroatoms. The van der Waals surface area contributed by atoms with E-state index in [9.17, 15) is 8.42 Å². The molecule has 0 atom stereocenters. The Bertz CT molecular complexity index is 824. The number of fused-ring (bicyclic) bond motifs is 1. The molecule has 0 bridgehead atoms. The fraction of sp³-hybridized carbons (Fsp3) is 0.143. The second-order valence-corrected chi connectivity index (χ2v) is 8.26. The lowest BCUT2D eigenvalue weighted by molar-refractivity contribution is 0.592. The van der Waals surface area contributed by atoms with Crippen LogP contribution in [0.25, 0.3) is 0 Å². The molecule has 0 fully saturated rings. The lowest BCUT2D eigenvalue weighted by Gasteiger charge is -2.20. The highest BCUT2D eigenvalue weighted by Gasteiger charge is 2.32. The first kappa shape index (κ1) is 15.2. The van der Waals surface area contributed by atoms with Crippen LogP contribution in [0.5, 0.6) is 0 Å². The molecule has 110 valence electrons. The van der Waals surface area contributed by atoms with Gasteiger partial charge in [-0.1, -0.05) is 39.1 Å². The van der Waals surface area contributed by atoms with E-state index in [-0.39, 0.29) is 9.92 Å². The zero-order valence-corrected chi connectivity index (χ0v) is 14.6. The van der Waals surface area contributed by atoms with Crippen molar-refractivity contribution in [2.24, 2.45) is 0 Å². The van der Waals surface area contributed by atoms with Crippen LogP contribution in [0.2, 0.25) is 10.0 Å². The molecule has 21 heavy (non-hydrogen) atoms.